The molecule has 2 aromatic rings. The van der Waals surface area contributed by atoms with Crippen LogP contribution in [0.1, 0.15) is 53.6 Å². The van der Waals surface area contributed by atoms with Gasteiger partial charge in [-0.05, 0) is 88.1 Å². The Bertz CT molecular complexity index is 1530. The lowest BCUT2D eigenvalue weighted by Gasteiger charge is -2.52. The van der Waals surface area contributed by atoms with E-state index in [0.717, 1.165) is 32.1 Å². The molecule has 6 rings (SSSR count). The van der Waals surface area contributed by atoms with Crippen molar-refractivity contribution in [2.45, 2.75) is 62.6 Å². The lowest BCUT2D eigenvalue weighted by Crippen LogP contribution is -2.74. The Hall–Kier alpha value is -3.89. The van der Waals surface area contributed by atoms with Crippen LogP contribution in [-0.2, 0) is 32.0 Å². The number of hydrogen-bond donors (Lipinski definition) is 4. The van der Waals surface area contributed by atoms with Gasteiger partial charge in [-0.1, -0.05) is 36.4 Å². The van der Waals surface area contributed by atoms with Gasteiger partial charge in [-0.15, -0.1) is 0 Å². The van der Waals surface area contributed by atoms with E-state index < -0.39 is 64.4 Å². The van der Waals surface area contributed by atoms with E-state index in [4.69, 9.17) is 5.73 Å². The molecular formula is C34H39N3O7. The lowest BCUT2D eigenvalue weighted by atomic mass is 9.52. The second-order valence-corrected chi connectivity index (χ2v) is 13.3. The smallest absolute Gasteiger partial charge is 0.235 e. The van der Waals surface area contributed by atoms with Gasteiger partial charge in [0.15, 0.2) is 34.7 Å². The minimum Gasteiger partial charge on any atom is -0.505 e. The number of likely N-dealkylation sites (N-methyl/N-ethyl adjacent to an activating group) is 1. The van der Waals surface area contributed by atoms with Crippen molar-refractivity contribution >= 4 is 34.7 Å². The van der Waals surface area contributed by atoms with Gasteiger partial charge in [0.2, 0.25) is 5.91 Å². The number of anilines is 1. The topological polar surface area (TPSA) is 167 Å². The molecule has 6 atom stereocenters. The minimum absolute atomic E-state index is 0.0133. The van der Waals surface area contributed by atoms with Crippen molar-refractivity contribution in [1.82, 2.24) is 4.90 Å². The summed E-state index contributed by atoms with van der Waals surface area (Å²) in [5, 5.41) is 26.5. The molecule has 4 aliphatic rings. The number of Topliss-reactive ketones (excluding diaryl/α,β-unsaturated/α-hetero) is 4. The fraction of sp³-hybridized carbons (Fsp3) is 0.500. The van der Waals surface area contributed by atoms with Crippen LogP contribution in [0.15, 0.2) is 42.5 Å². The zero-order valence-corrected chi connectivity index (χ0v) is 25.0. The molecule has 44 heavy (non-hydrogen) atoms. The Kier molecular flexibility index (Phi) is 7.70. The number of nitrogens with one attached hydrogen (secondary N) is 1. The van der Waals surface area contributed by atoms with Gasteiger partial charge in [0.25, 0.3) is 0 Å². The van der Waals surface area contributed by atoms with Crippen molar-refractivity contribution in [3.63, 3.8) is 0 Å². The molecule has 0 aromatic heterocycles. The molecule has 232 valence electrons. The van der Waals surface area contributed by atoms with Crippen LogP contribution in [0, 0.1) is 29.6 Å². The maximum absolute atomic E-state index is 14.0. The molecule has 4 aliphatic carbocycles. The lowest BCUT2D eigenvalue weighted by molar-refractivity contribution is -0.181. The number of hydrogen-bond acceptors (Lipinski definition) is 9. The maximum Gasteiger partial charge on any atom is 0.235 e. The van der Waals surface area contributed by atoms with E-state index in [1.807, 2.05) is 6.07 Å². The Balaban J connectivity index is 1.24. The number of aliphatic hydroxyl groups is 1. The molecule has 0 bridgehead atoms. The first-order valence-corrected chi connectivity index (χ1v) is 15.4. The minimum atomic E-state index is -2.72. The summed E-state index contributed by atoms with van der Waals surface area (Å²) in [5.74, 6) is -9.71. The fourth-order valence-electron chi connectivity index (χ4n) is 8.38. The predicted molar refractivity (Wildman–Crippen MR) is 161 cm³/mol. The van der Waals surface area contributed by atoms with Crippen LogP contribution in [0.4, 0.5) is 5.69 Å². The number of amides is 1. The standard InChI is InChI=1S/C34H39N3O7/c1-37(2)27-22-16-20-15-19-10-13-23(36-21-11-8-18(9-12-21)14-17-6-4-3-5-7-17)28(38)24(19)29(39)25(20)31(41)34(22,44)32(42)26(30(27)40)33(35)43/h3-7,10,13,18,20-22,25-27,36,38,44H,8-9,11-12,14-16H2,1-2H3,(H2,35,43). The molecule has 0 saturated heterocycles. The maximum atomic E-state index is 14.0. The van der Waals surface area contributed by atoms with Crippen molar-refractivity contribution in [2.24, 2.45) is 35.3 Å². The number of nitrogens with zero attached hydrogens (tertiary/aromatic N) is 1. The van der Waals surface area contributed by atoms with Crippen LogP contribution < -0.4 is 11.1 Å². The molecule has 0 spiro atoms. The molecule has 2 aromatic carbocycles. The number of ketones is 4. The van der Waals surface area contributed by atoms with E-state index in [-0.39, 0.29) is 30.2 Å². The van der Waals surface area contributed by atoms with Crippen molar-refractivity contribution in [1.29, 1.82) is 0 Å². The Morgan fingerprint density at radius 1 is 1.00 bits per heavy atom. The summed E-state index contributed by atoms with van der Waals surface area (Å²) in [6.07, 6.45) is 5.21. The van der Waals surface area contributed by atoms with Crippen LogP contribution in [0.5, 0.6) is 5.75 Å². The van der Waals surface area contributed by atoms with Gasteiger partial charge in [-0.25, -0.2) is 0 Å². The van der Waals surface area contributed by atoms with Gasteiger partial charge in [-0.3, -0.25) is 28.9 Å². The third kappa shape index (κ3) is 4.75. The molecule has 3 saturated carbocycles. The van der Waals surface area contributed by atoms with E-state index >= 15 is 0 Å². The Labute approximate surface area is 256 Å². The third-order valence-electron chi connectivity index (χ3n) is 10.5. The summed E-state index contributed by atoms with van der Waals surface area (Å²) in [4.78, 5) is 68.2. The van der Waals surface area contributed by atoms with Crippen molar-refractivity contribution in [3.8, 4) is 5.75 Å². The number of fused-ring (bicyclic) bond motifs is 3. The number of aromatic hydroxyl groups is 1. The SMILES string of the molecule is CN(C)C1C(=O)C(C(N)=O)C(=O)C2(O)C(=O)C3C(=O)c4c(ccc(NC5CCC(Cc6ccccc6)CC5)c4O)CC3CC12. The van der Waals surface area contributed by atoms with E-state index in [0.29, 0.717) is 17.2 Å². The van der Waals surface area contributed by atoms with E-state index in [1.165, 1.54) is 10.5 Å². The van der Waals surface area contributed by atoms with Crippen molar-refractivity contribution in [2.75, 3.05) is 19.4 Å². The fourth-order valence-corrected chi connectivity index (χ4v) is 8.38. The van der Waals surface area contributed by atoms with E-state index in [9.17, 15) is 34.2 Å². The highest BCUT2D eigenvalue weighted by Crippen LogP contribution is 2.51. The highest BCUT2D eigenvalue weighted by molar-refractivity contribution is 6.32. The van der Waals surface area contributed by atoms with Crippen LogP contribution in [0.2, 0.25) is 0 Å². The second-order valence-electron chi connectivity index (χ2n) is 13.3. The summed E-state index contributed by atoms with van der Waals surface area (Å²) in [6.45, 7) is 0. The predicted octanol–water partition coefficient (Wildman–Crippen LogP) is 2.08. The highest BCUT2D eigenvalue weighted by Gasteiger charge is 2.69. The summed E-state index contributed by atoms with van der Waals surface area (Å²) in [7, 11) is 3.13. The summed E-state index contributed by atoms with van der Waals surface area (Å²) < 4.78 is 0. The first kappa shape index (κ1) is 30.1. The van der Waals surface area contributed by atoms with Crippen molar-refractivity contribution in [3.05, 3.63) is 59.2 Å². The number of benzene rings is 2. The summed E-state index contributed by atoms with van der Waals surface area (Å²) >= 11 is 0. The number of phenolic OH excluding ortho intramolecular Hbond substituents is 1. The van der Waals surface area contributed by atoms with Crippen LogP contribution in [0.25, 0.3) is 0 Å². The average Bonchev–Trinajstić information content (AvgIpc) is 2.97. The number of primary amides is 1. The van der Waals surface area contributed by atoms with E-state index in [2.05, 4.69) is 29.6 Å². The molecule has 6 unspecified atom stereocenters. The van der Waals surface area contributed by atoms with Gasteiger partial charge in [0, 0.05) is 12.0 Å². The number of phenols is 1. The van der Waals surface area contributed by atoms with Gasteiger partial charge in [-0.2, -0.15) is 0 Å². The molecule has 0 radical (unpaired) electrons. The molecular weight excluding hydrogens is 562 g/mol. The monoisotopic (exact) mass is 601 g/mol. The zero-order chi connectivity index (χ0) is 31.5. The normalized spacial score (nSPS) is 33.4. The molecule has 5 N–H and O–H groups in total. The van der Waals surface area contributed by atoms with Gasteiger partial charge in [0.05, 0.1) is 23.2 Å². The Morgan fingerprint density at radius 2 is 1.68 bits per heavy atom. The number of carbonyl (C=O) groups is 5. The largest absolute Gasteiger partial charge is 0.505 e. The molecule has 0 aliphatic heterocycles. The molecule has 3 fully saturated rings. The summed E-state index contributed by atoms with van der Waals surface area (Å²) in [6, 6.07) is 12.9. The van der Waals surface area contributed by atoms with E-state index in [1.54, 1.807) is 26.2 Å². The second kappa shape index (κ2) is 11.2. The number of carbonyl (C=O) groups excluding carboxylic acids is 5. The average molecular weight is 602 g/mol. The quantitative estimate of drug-likeness (QED) is 0.286. The van der Waals surface area contributed by atoms with Crippen molar-refractivity contribution < 1.29 is 34.2 Å². The number of nitrogens with two attached hydrogens (primary N) is 1. The van der Waals surface area contributed by atoms with Crippen LogP contribution in [0.3, 0.4) is 0 Å². The van der Waals surface area contributed by atoms with Gasteiger partial charge in [0.1, 0.15) is 5.75 Å². The third-order valence-corrected chi connectivity index (χ3v) is 10.5. The molecule has 1 amide bonds. The Morgan fingerprint density at radius 3 is 2.32 bits per heavy atom. The van der Waals surface area contributed by atoms with Crippen LogP contribution in [-0.4, -0.2) is 75.9 Å². The first-order valence-electron chi connectivity index (χ1n) is 15.4. The zero-order valence-electron chi connectivity index (χ0n) is 25.0. The highest BCUT2D eigenvalue weighted by atomic mass is 16.3. The molecule has 0 heterocycles. The summed E-state index contributed by atoms with van der Waals surface area (Å²) in [5.41, 5.74) is 4.98. The molecule has 10 heteroatoms. The molecule has 10 nitrogen and oxygen atoms in total. The number of rotatable bonds is 6. The van der Waals surface area contributed by atoms with Gasteiger partial charge >= 0.3 is 0 Å². The van der Waals surface area contributed by atoms with Gasteiger partial charge < -0.3 is 21.3 Å². The van der Waals surface area contributed by atoms with Crippen LogP contribution >= 0.6 is 0 Å². The first-order chi connectivity index (χ1) is 20.9.